The SMILES string of the molecule is CCN(C)CC1(C)CNc2cc(Br)ccc21. The summed E-state index contributed by atoms with van der Waals surface area (Å²) in [6.45, 7) is 7.77. The predicted octanol–water partition coefficient (Wildman–Crippen LogP) is 3.08. The molecule has 1 N–H and O–H groups in total. The molecule has 1 aliphatic heterocycles. The lowest BCUT2D eigenvalue weighted by molar-refractivity contribution is 0.280. The van der Waals surface area contributed by atoms with E-state index in [1.54, 1.807) is 0 Å². The minimum absolute atomic E-state index is 0.237. The second kappa shape index (κ2) is 4.38. The van der Waals surface area contributed by atoms with Crippen molar-refractivity contribution in [2.24, 2.45) is 0 Å². The molecule has 88 valence electrons. The molecule has 0 aliphatic carbocycles. The van der Waals surface area contributed by atoms with E-state index in [-0.39, 0.29) is 5.41 Å². The molecule has 0 saturated heterocycles. The fraction of sp³-hybridized carbons (Fsp3) is 0.538. The monoisotopic (exact) mass is 282 g/mol. The van der Waals surface area contributed by atoms with Gasteiger partial charge < -0.3 is 10.2 Å². The van der Waals surface area contributed by atoms with Gasteiger partial charge in [-0.1, -0.05) is 35.8 Å². The number of fused-ring (bicyclic) bond motifs is 1. The average molecular weight is 283 g/mol. The Bertz CT molecular complexity index is 392. The Morgan fingerprint density at radius 2 is 2.25 bits per heavy atom. The highest BCUT2D eigenvalue weighted by molar-refractivity contribution is 9.10. The molecule has 16 heavy (non-hydrogen) atoms. The van der Waals surface area contributed by atoms with E-state index >= 15 is 0 Å². The van der Waals surface area contributed by atoms with Gasteiger partial charge in [-0.2, -0.15) is 0 Å². The van der Waals surface area contributed by atoms with Crippen LogP contribution in [0.4, 0.5) is 5.69 Å². The number of likely N-dealkylation sites (N-methyl/N-ethyl adjacent to an activating group) is 1. The van der Waals surface area contributed by atoms with Crippen LogP contribution < -0.4 is 5.32 Å². The van der Waals surface area contributed by atoms with Gasteiger partial charge in [0.25, 0.3) is 0 Å². The van der Waals surface area contributed by atoms with E-state index in [9.17, 15) is 0 Å². The number of nitrogens with one attached hydrogen (secondary N) is 1. The molecule has 0 amide bonds. The third-order valence-corrected chi connectivity index (χ3v) is 3.95. The molecule has 0 bridgehead atoms. The van der Waals surface area contributed by atoms with Crippen molar-refractivity contribution in [3.63, 3.8) is 0 Å². The second-order valence-electron chi connectivity index (χ2n) is 4.93. The lowest BCUT2D eigenvalue weighted by Crippen LogP contribution is -2.38. The first kappa shape index (κ1) is 11.9. The number of hydrogen-bond donors (Lipinski definition) is 1. The van der Waals surface area contributed by atoms with Gasteiger partial charge in [0.1, 0.15) is 0 Å². The van der Waals surface area contributed by atoms with Crippen LogP contribution in [0.15, 0.2) is 22.7 Å². The van der Waals surface area contributed by atoms with Gasteiger partial charge in [0.05, 0.1) is 0 Å². The summed E-state index contributed by atoms with van der Waals surface area (Å²) in [6.07, 6.45) is 0. The van der Waals surface area contributed by atoms with E-state index in [0.717, 1.165) is 24.1 Å². The van der Waals surface area contributed by atoms with Gasteiger partial charge in [-0.25, -0.2) is 0 Å². The molecule has 1 aromatic carbocycles. The van der Waals surface area contributed by atoms with Gasteiger partial charge in [-0.3, -0.25) is 0 Å². The van der Waals surface area contributed by atoms with Crippen molar-refractivity contribution >= 4 is 21.6 Å². The van der Waals surface area contributed by atoms with Crippen molar-refractivity contribution in [1.82, 2.24) is 4.90 Å². The minimum atomic E-state index is 0.237. The van der Waals surface area contributed by atoms with Crippen LogP contribution in [-0.2, 0) is 5.41 Å². The highest BCUT2D eigenvalue weighted by Gasteiger charge is 2.34. The normalized spacial score (nSPS) is 23.3. The first-order valence-corrected chi connectivity index (χ1v) is 6.57. The van der Waals surface area contributed by atoms with Gasteiger partial charge in [-0.05, 0) is 31.3 Å². The predicted molar refractivity (Wildman–Crippen MR) is 73.2 cm³/mol. The van der Waals surface area contributed by atoms with Gasteiger partial charge >= 0.3 is 0 Å². The Kier molecular flexibility index (Phi) is 3.27. The van der Waals surface area contributed by atoms with Crippen molar-refractivity contribution in [3.8, 4) is 0 Å². The number of hydrogen-bond acceptors (Lipinski definition) is 2. The highest BCUT2D eigenvalue weighted by Crippen LogP contribution is 2.38. The van der Waals surface area contributed by atoms with Crippen LogP contribution >= 0.6 is 15.9 Å². The molecule has 0 radical (unpaired) electrons. The zero-order chi connectivity index (χ0) is 11.8. The van der Waals surface area contributed by atoms with Crippen molar-refractivity contribution < 1.29 is 0 Å². The van der Waals surface area contributed by atoms with Gasteiger partial charge in [0.2, 0.25) is 0 Å². The van der Waals surface area contributed by atoms with Crippen molar-refractivity contribution in [2.75, 3.05) is 32.0 Å². The van der Waals surface area contributed by atoms with Gasteiger partial charge in [0, 0.05) is 28.7 Å². The average Bonchev–Trinajstić information content (AvgIpc) is 2.55. The molecule has 2 rings (SSSR count). The summed E-state index contributed by atoms with van der Waals surface area (Å²) in [4.78, 5) is 2.37. The maximum atomic E-state index is 3.52. The van der Waals surface area contributed by atoms with E-state index in [4.69, 9.17) is 0 Å². The first-order valence-electron chi connectivity index (χ1n) is 5.77. The molecule has 1 aliphatic rings. The molecule has 1 unspecified atom stereocenters. The summed E-state index contributed by atoms with van der Waals surface area (Å²) >= 11 is 3.52. The minimum Gasteiger partial charge on any atom is -0.384 e. The number of halogens is 1. The Labute approximate surface area is 106 Å². The lowest BCUT2D eigenvalue weighted by atomic mass is 9.84. The van der Waals surface area contributed by atoms with E-state index in [0.29, 0.717) is 0 Å². The fourth-order valence-electron chi connectivity index (χ4n) is 2.42. The summed E-state index contributed by atoms with van der Waals surface area (Å²) in [6, 6.07) is 6.55. The Morgan fingerprint density at radius 1 is 1.50 bits per heavy atom. The molecule has 1 aromatic rings. The van der Waals surface area contributed by atoms with E-state index < -0.39 is 0 Å². The number of anilines is 1. The van der Waals surface area contributed by atoms with E-state index in [1.807, 2.05) is 0 Å². The largest absolute Gasteiger partial charge is 0.384 e. The number of rotatable bonds is 3. The Hall–Kier alpha value is -0.540. The maximum absolute atomic E-state index is 3.52. The van der Waals surface area contributed by atoms with Crippen molar-refractivity contribution in [1.29, 1.82) is 0 Å². The fourth-order valence-corrected chi connectivity index (χ4v) is 2.78. The summed E-state index contributed by atoms with van der Waals surface area (Å²) in [7, 11) is 2.18. The van der Waals surface area contributed by atoms with Crippen LogP contribution in [0.5, 0.6) is 0 Å². The highest BCUT2D eigenvalue weighted by atomic mass is 79.9. The Morgan fingerprint density at radius 3 is 2.94 bits per heavy atom. The summed E-state index contributed by atoms with van der Waals surface area (Å²) in [5.41, 5.74) is 2.96. The van der Waals surface area contributed by atoms with E-state index in [1.165, 1.54) is 11.3 Å². The van der Waals surface area contributed by atoms with Crippen LogP contribution in [0.1, 0.15) is 19.4 Å². The number of benzene rings is 1. The van der Waals surface area contributed by atoms with Crippen LogP contribution in [0.25, 0.3) is 0 Å². The standard InChI is InChI=1S/C13H19BrN2/c1-4-16(3)9-13(2)8-15-12-7-10(14)5-6-11(12)13/h5-7,15H,4,8-9H2,1-3H3. The van der Waals surface area contributed by atoms with Crippen LogP contribution in [0.2, 0.25) is 0 Å². The summed E-state index contributed by atoms with van der Waals surface area (Å²) in [5.74, 6) is 0. The van der Waals surface area contributed by atoms with Gasteiger partial charge in [0.15, 0.2) is 0 Å². The molecule has 3 heteroatoms. The van der Waals surface area contributed by atoms with Crippen LogP contribution in [0, 0.1) is 0 Å². The van der Waals surface area contributed by atoms with Crippen molar-refractivity contribution in [3.05, 3.63) is 28.2 Å². The quantitative estimate of drug-likeness (QED) is 0.917. The van der Waals surface area contributed by atoms with Gasteiger partial charge in [-0.15, -0.1) is 0 Å². The zero-order valence-corrected chi connectivity index (χ0v) is 11.8. The molecule has 0 saturated carbocycles. The third kappa shape index (κ3) is 2.11. The molecular formula is C13H19BrN2. The number of nitrogens with zero attached hydrogens (tertiary/aromatic N) is 1. The molecule has 2 nitrogen and oxygen atoms in total. The second-order valence-corrected chi connectivity index (χ2v) is 5.85. The molecule has 1 heterocycles. The maximum Gasteiger partial charge on any atom is 0.0391 e. The summed E-state index contributed by atoms with van der Waals surface area (Å²) in [5, 5.41) is 3.50. The molecule has 0 fully saturated rings. The third-order valence-electron chi connectivity index (χ3n) is 3.46. The zero-order valence-electron chi connectivity index (χ0n) is 10.2. The summed E-state index contributed by atoms with van der Waals surface area (Å²) < 4.78 is 1.15. The molecular weight excluding hydrogens is 264 g/mol. The molecule has 0 spiro atoms. The van der Waals surface area contributed by atoms with Crippen LogP contribution in [0.3, 0.4) is 0 Å². The molecule has 1 atom stereocenters. The topological polar surface area (TPSA) is 15.3 Å². The Balaban J connectivity index is 2.28. The van der Waals surface area contributed by atoms with Crippen LogP contribution in [-0.4, -0.2) is 31.6 Å². The first-order chi connectivity index (χ1) is 7.55. The van der Waals surface area contributed by atoms with Crippen molar-refractivity contribution in [2.45, 2.75) is 19.3 Å². The molecule has 0 aromatic heterocycles. The van der Waals surface area contributed by atoms with E-state index in [2.05, 4.69) is 65.2 Å². The smallest absolute Gasteiger partial charge is 0.0391 e. The lowest BCUT2D eigenvalue weighted by Gasteiger charge is -2.29.